The molecule has 0 bridgehead atoms. The monoisotopic (exact) mass is 808 g/mol. The number of phenols is 1. The minimum absolute atomic E-state index is 0.0841. The molecule has 1 saturated heterocycles. The summed E-state index contributed by atoms with van der Waals surface area (Å²) < 4.78 is 86.7. The zero-order valence-corrected chi connectivity index (χ0v) is 34.1. The van der Waals surface area contributed by atoms with Gasteiger partial charge >= 0.3 is 0 Å². The Labute approximate surface area is 341 Å². The molecular formula is C48H60F4O6. The molecule has 4 aromatic carbocycles. The summed E-state index contributed by atoms with van der Waals surface area (Å²) in [6.07, 6.45) is 16.0. The van der Waals surface area contributed by atoms with Crippen molar-refractivity contribution in [3.05, 3.63) is 96.1 Å². The fraction of sp³-hybridized carbons (Fsp3) is 0.500. The van der Waals surface area contributed by atoms with Crippen LogP contribution in [0.3, 0.4) is 0 Å². The molecule has 10 heteroatoms. The van der Waals surface area contributed by atoms with E-state index in [-0.39, 0.29) is 23.5 Å². The van der Waals surface area contributed by atoms with Gasteiger partial charge in [-0.25, -0.2) is 8.78 Å². The van der Waals surface area contributed by atoms with Crippen LogP contribution in [0, 0.1) is 29.2 Å². The van der Waals surface area contributed by atoms with Gasteiger partial charge in [0, 0.05) is 29.9 Å². The SMILES string of the molecule is CCOc1ccc(-c2ccc(OCCCCCCCCC3(CCCCCCCCOc4ccc(-c5ccc(O)c(F)c5F)cc4)OCC(CC)CO3)cc2)c(F)c1F. The number of aromatic hydroxyl groups is 1. The van der Waals surface area contributed by atoms with Gasteiger partial charge in [0.1, 0.15) is 11.5 Å². The Kier molecular flexibility index (Phi) is 18.0. The van der Waals surface area contributed by atoms with Crippen LogP contribution in [0.4, 0.5) is 17.6 Å². The molecule has 1 heterocycles. The standard InChI is InChI=1S/C48H60F4O6/c1-3-35-33-57-48(58-34-35,29-13-9-5-7-11-15-31-55-38-21-17-36(18-22-38)40-25-27-42(53)46(51)44(40)49)30-14-10-6-8-12-16-32-56-39-23-19-37(20-24-39)41-26-28-43(54-4-2)47(52)45(41)50/h17-28,35,53H,3-16,29-34H2,1-2H3. The van der Waals surface area contributed by atoms with Crippen LogP contribution in [0.25, 0.3) is 22.3 Å². The molecule has 5 rings (SSSR count). The summed E-state index contributed by atoms with van der Waals surface area (Å²) in [6, 6.07) is 19.4. The molecule has 1 aliphatic rings. The van der Waals surface area contributed by atoms with E-state index in [1.165, 1.54) is 18.2 Å². The van der Waals surface area contributed by atoms with Crippen LogP contribution in [0.15, 0.2) is 72.8 Å². The molecule has 0 spiro atoms. The fourth-order valence-corrected chi connectivity index (χ4v) is 7.31. The Bertz CT molecular complexity index is 1810. The van der Waals surface area contributed by atoms with Crippen LogP contribution < -0.4 is 14.2 Å². The van der Waals surface area contributed by atoms with E-state index >= 15 is 0 Å². The first-order valence-corrected chi connectivity index (χ1v) is 21.3. The maximum atomic E-state index is 14.6. The number of ether oxygens (including phenoxy) is 5. The third-order valence-electron chi connectivity index (χ3n) is 10.9. The number of hydrogen-bond acceptors (Lipinski definition) is 6. The Hall–Kier alpha value is -4.28. The molecule has 4 aromatic rings. The van der Waals surface area contributed by atoms with E-state index in [2.05, 4.69) is 6.92 Å². The summed E-state index contributed by atoms with van der Waals surface area (Å²) in [7, 11) is 0. The van der Waals surface area contributed by atoms with Crippen molar-refractivity contribution in [3.8, 4) is 45.3 Å². The molecule has 1 N–H and O–H groups in total. The summed E-state index contributed by atoms with van der Waals surface area (Å²) in [6.45, 7) is 6.92. The van der Waals surface area contributed by atoms with Crippen LogP contribution in [-0.4, -0.2) is 43.9 Å². The molecule has 1 fully saturated rings. The van der Waals surface area contributed by atoms with E-state index in [9.17, 15) is 22.7 Å². The van der Waals surface area contributed by atoms with Crippen molar-refractivity contribution < 1.29 is 46.4 Å². The van der Waals surface area contributed by atoms with Gasteiger partial charge in [0.15, 0.2) is 28.9 Å². The molecule has 0 atom stereocenters. The molecule has 0 amide bonds. The molecule has 58 heavy (non-hydrogen) atoms. The predicted octanol–water partition coefficient (Wildman–Crippen LogP) is 13.4. The van der Waals surface area contributed by atoms with Crippen LogP contribution in [-0.2, 0) is 9.47 Å². The molecule has 0 aliphatic carbocycles. The molecule has 316 valence electrons. The number of unbranched alkanes of at least 4 members (excludes halogenated alkanes) is 10. The Balaban J connectivity index is 0.907. The lowest BCUT2D eigenvalue weighted by molar-refractivity contribution is -0.290. The zero-order valence-electron chi connectivity index (χ0n) is 34.1. The van der Waals surface area contributed by atoms with E-state index in [0.29, 0.717) is 41.8 Å². The average molecular weight is 809 g/mol. The van der Waals surface area contributed by atoms with Gasteiger partial charge < -0.3 is 28.8 Å². The lowest BCUT2D eigenvalue weighted by Gasteiger charge is -2.40. The van der Waals surface area contributed by atoms with Crippen LogP contribution >= 0.6 is 0 Å². The highest BCUT2D eigenvalue weighted by molar-refractivity contribution is 5.67. The number of hydrogen-bond donors (Lipinski definition) is 1. The quantitative estimate of drug-likeness (QED) is 0.0531. The van der Waals surface area contributed by atoms with Gasteiger partial charge in [-0.1, -0.05) is 82.6 Å². The fourth-order valence-electron chi connectivity index (χ4n) is 7.31. The van der Waals surface area contributed by atoms with E-state index in [1.54, 1.807) is 55.5 Å². The second-order valence-electron chi connectivity index (χ2n) is 15.2. The van der Waals surface area contributed by atoms with Gasteiger partial charge in [-0.2, -0.15) is 8.78 Å². The molecule has 0 radical (unpaired) electrons. The molecule has 0 unspecified atom stereocenters. The van der Waals surface area contributed by atoms with Gasteiger partial charge in [-0.05, 0) is 98.7 Å². The van der Waals surface area contributed by atoms with Crippen molar-refractivity contribution in [2.45, 2.75) is 116 Å². The first-order valence-electron chi connectivity index (χ1n) is 21.3. The molecule has 0 saturated carbocycles. The highest BCUT2D eigenvalue weighted by atomic mass is 19.2. The van der Waals surface area contributed by atoms with Gasteiger partial charge in [-0.3, -0.25) is 0 Å². The minimum Gasteiger partial charge on any atom is -0.505 e. The largest absolute Gasteiger partial charge is 0.505 e. The third-order valence-corrected chi connectivity index (χ3v) is 10.9. The molecule has 0 aromatic heterocycles. The van der Waals surface area contributed by atoms with Crippen LogP contribution in [0.1, 0.15) is 110 Å². The van der Waals surface area contributed by atoms with Crippen molar-refractivity contribution >= 4 is 0 Å². The maximum Gasteiger partial charge on any atom is 0.201 e. The molecular weight excluding hydrogens is 749 g/mol. The second-order valence-corrected chi connectivity index (χ2v) is 15.2. The lowest BCUT2D eigenvalue weighted by Crippen LogP contribution is -2.44. The van der Waals surface area contributed by atoms with Gasteiger partial charge in [0.2, 0.25) is 11.6 Å². The van der Waals surface area contributed by atoms with E-state index in [0.717, 1.165) is 116 Å². The Morgan fingerprint density at radius 1 is 0.534 bits per heavy atom. The molecule has 6 nitrogen and oxygen atoms in total. The zero-order chi connectivity index (χ0) is 41.2. The van der Waals surface area contributed by atoms with Crippen LogP contribution in [0.5, 0.6) is 23.0 Å². The van der Waals surface area contributed by atoms with E-state index in [1.807, 2.05) is 0 Å². The number of rotatable bonds is 25. The molecule has 1 aliphatic heterocycles. The number of benzene rings is 4. The van der Waals surface area contributed by atoms with Crippen molar-refractivity contribution in [3.63, 3.8) is 0 Å². The highest BCUT2D eigenvalue weighted by Gasteiger charge is 2.36. The highest BCUT2D eigenvalue weighted by Crippen LogP contribution is 2.35. The number of halogens is 4. The third kappa shape index (κ3) is 13.1. The van der Waals surface area contributed by atoms with Crippen molar-refractivity contribution in [2.24, 2.45) is 5.92 Å². The maximum absolute atomic E-state index is 14.6. The number of phenolic OH excluding ortho intramolecular Hbond substituents is 1. The first kappa shape index (κ1) is 44.8. The van der Waals surface area contributed by atoms with E-state index in [4.69, 9.17) is 23.7 Å². The average Bonchev–Trinajstić information content (AvgIpc) is 3.24. The second kappa shape index (κ2) is 23.3. The van der Waals surface area contributed by atoms with Crippen molar-refractivity contribution in [2.75, 3.05) is 33.0 Å². The van der Waals surface area contributed by atoms with Crippen molar-refractivity contribution in [1.29, 1.82) is 0 Å². The summed E-state index contributed by atoms with van der Waals surface area (Å²) in [4.78, 5) is 0. The van der Waals surface area contributed by atoms with Gasteiger partial charge in [-0.15, -0.1) is 0 Å². The predicted molar refractivity (Wildman–Crippen MR) is 220 cm³/mol. The van der Waals surface area contributed by atoms with E-state index < -0.39 is 34.8 Å². The summed E-state index contributed by atoms with van der Waals surface area (Å²) in [5.74, 6) is -3.61. The summed E-state index contributed by atoms with van der Waals surface area (Å²) >= 11 is 0. The summed E-state index contributed by atoms with van der Waals surface area (Å²) in [5.41, 5.74) is 1.37. The normalized spacial score (nSPS) is 16.7. The van der Waals surface area contributed by atoms with Gasteiger partial charge in [0.05, 0.1) is 33.0 Å². The first-order chi connectivity index (χ1) is 28.2. The smallest absolute Gasteiger partial charge is 0.201 e. The Morgan fingerprint density at radius 3 is 1.47 bits per heavy atom. The van der Waals surface area contributed by atoms with Crippen molar-refractivity contribution in [1.82, 2.24) is 0 Å². The van der Waals surface area contributed by atoms with Gasteiger partial charge in [0.25, 0.3) is 0 Å². The Morgan fingerprint density at radius 2 is 0.983 bits per heavy atom. The minimum atomic E-state index is -1.25. The topological polar surface area (TPSA) is 66.4 Å². The summed E-state index contributed by atoms with van der Waals surface area (Å²) in [5, 5.41) is 9.36. The lowest BCUT2D eigenvalue weighted by atomic mass is 9.97. The van der Waals surface area contributed by atoms with Crippen LogP contribution in [0.2, 0.25) is 0 Å².